The summed E-state index contributed by atoms with van der Waals surface area (Å²) in [6, 6.07) is 8.42. The van der Waals surface area contributed by atoms with E-state index in [1.165, 1.54) is 18.2 Å². The molecule has 8 nitrogen and oxygen atoms in total. The van der Waals surface area contributed by atoms with Gasteiger partial charge in [-0.15, -0.1) is 0 Å². The number of nitrogens with zero attached hydrogens (tertiary/aromatic N) is 2. The second-order valence-corrected chi connectivity index (χ2v) is 11.0. The summed E-state index contributed by atoms with van der Waals surface area (Å²) in [6.07, 6.45) is -5.61. The fraction of sp³-hybridized carbons (Fsp3) is 0.435. The lowest BCUT2D eigenvalue weighted by atomic mass is 10.1. The first-order chi connectivity index (χ1) is 16.8. The van der Waals surface area contributed by atoms with Crippen molar-refractivity contribution in [1.29, 1.82) is 0 Å². The first-order valence-electron chi connectivity index (χ1n) is 11.1. The number of hydrogen-bond donors (Lipinski definition) is 1. The molecule has 1 saturated heterocycles. The maximum absolute atomic E-state index is 13.5. The van der Waals surface area contributed by atoms with E-state index in [-0.39, 0.29) is 28.6 Å². The number of nitrogens with one attached hydrogen (secondary N) is 1. The number of rotatable bonds is 6. The molecule has 2 aliphatic heterocycles. The standard InChI is InChI=1S/C23H25F4N3O5S/c1-22(2,23(25,26)27)35-21(31)28-16-6-9-20-19(12-16)30(14-17(34-20)13-29-10-3-11-29)36(32,33)18-7-4-15(24)5-8-18/h4-9,12,17H,3,10-11,13-14H2,1-2H3,(H,28,31). The minimum atomic E-state index is -4.79. The van der Waals surface area contributed by atoms with Gasteiger partial charge in [0.25, 0.3) is 10.0 Å². The molecule has 0 spiro atoms. The lowest BCUT2D eigenvalue weighted by molar-refractivity contribution is -0.242. The van der Waals surface area contributed by atoms with Crippen LogP contribution < -0.4 is 14.4 Å². The number of alkyl halides is 3. The van der Waals surface area contributed by atoms with E-state index < -0.39 is 39.8 Å². The maximum Gasteiger partial charge on any atom is 0.427 e. The maximum atomic E-state index is 13.5. The minimum Gasteiger partial charge on any atom is -0.485 e. The van der Waals surface area contributed by atoms with Gasteiger partial charge in [-0.1, -0.05) is 0 Å². The Morgan fingerprint density at radius 2 is 1.81 bits per heavy atom. The number of carbonyl (C=O) groups excluding carboxylic acids is 1. The van der Waals surface area contributed by atoms with E-state index in [2.05, 4.69) is 15.0 Å². The van der Waals surface area contributed by atoms with Gasteiger partial charge in [-0.25, -0.2) is 17.6 Å². The molecule has 0 bridgehead atoms. The summed E-state index contributed by atoms with van der Waals surface area (Å²) in [6.45, 7) is 3.60. The van der Waals surface area contributed by atoms with E-state index >= 15 is 0 Å². The van der Waals surface area contributed by atoms with Crippen LogP contribution in [-0.4, -0.2) is 63.5 Å². The number of carbonyl (C=O) groups is 1. The van der Waals surface area contributed by atoms with Crippen LogP contribution in [0.25, 0.3) is 0 Å². The largest absolute Gasteiger partial charge is 0.485 e. The predicted octanol–water partition coefficient (Wildman–Crippen LogP) is 4.38. The molecule has 36 heavy (non-hydrogen) atoms. The van der Waals surface area contributed by atoms with Crippen molar-refractivity contribution >= 4 is 27.5 Å². The number of anilines is 2. The number of fused-ring (bicyclic) bond motifs is 1. The van der Waals surface area contributed by atoms with Gasteiger partial charge in [0.1, 0.15) is 17.7 Å². The molecule has 0 aliphatic carbocycles. The zero-order valence-electron chi connectivity index (χ0n) is 19.5. The third kappa shape index (κ3) is 5.36. The van der Waals surface area contributed by atoms with Crippen LogP contribution in [0.5, 0.6) is 5.75 Å². The van der Waals surface area contributed by atoms with Gasteiger partial charge in [-0.3, -0.25) is 14.5 Å². The number of benzene rings is 2. The molecule has 0 aromatic heterocycles. The van der Waals surface area contributed by atoms with Crippen molar-refractivity contribution in [2.45, 2.75) is 43.0 Å². The first kappa shape index (κ1) is 26.0. The van der Waals surface area contributed by atoms with Crippen LogP contribution >= 0.6 is 0 Å². The molecule has 4 rings (SSSR count). The highest BCUT2D eigenvalue weighted by Crippen LogP contribution is 2.40. The SMILES string of the molecule is CC(C)(OC(=O)Nc1ccc2c(c1)N(S(=O)(=O)c1ccc(F)cc1)CC(CN1CCC1)O2)C(F)(F)F. The van der Waals surface area contributed by atoms with Crippen molar-refractivity contribution in [3.63, 3.8) is 0 Å². The summed E-state index contributed by atoms with van der Waals surface area (Å²) in [7, 11) is -4.17. The average molecular weight is 532 g/mol. The molecule has 13 heteroatoms. The van der Waals surface area contributed by atoms with E-state index in [0.717, 1.165) is 48.1 Å². The number of sulfonamides is 1. The summed E-state index contributed by atoms with van der Waals surface area (Å²) in [5.74, 6) is -0.384. The molecule has 2 aromatic carbocycles. The van der Waals surface area contributed by atoms with Crippen LogP contribution in [-0.2, 0) is 14.8 Å². The number of likely N-dealkylation sites (tertiary alicyclic amines) is 1. The van der Waals surface area contributed by atoms with Crippen molar-refractivity contribution in [3.8, 4) is 5.75 Å². The Hall–Kier alpha value is -3.06. The number of amides is 1. The minimum absolute atomic E-state index is 0.000763. The highest BCUT2D eigenvalue weighted by molar-refractivity contribution is 7.92. The van der Waals surface area contributed by atoms with Gasteiger partial charge in [0, 0.05) is 12.2 Å². The number of hydrogen-bond acceptors (Lipinski definition) is 6. The second kappa shape index (κ2) is 9.43. The van der Waals surface area contributed by atoms with Crippen molar-refractivity contribution in [2.75, 3.05) is 35.8 Å². The highest BCUT2D eigenvalue weighted by atomic mass is 32.2. The van der Waals surface area contributed by atoms with Crippen LogP contribution in [0.3, 0.4) is 0 Å². The summed E-state index contributed by atoms with van der Waals surface area (Å²) >= 11 is 0. The molecule has 1 unspecified atom stereocenters. The summed E-state index contributed by atoms with van der Waals surface area (Å²) in [5.41, 5.74) is -2.66. The van der Waals surface area contributed by atoms with Gasteiger partial charge in [0.2, 0.25) is 5.60 Å². The Morgan fingerprint density at radius 3 is 2.39 bits per heavy atom. The molecule has 1 N–H and O–H groups in total. The Labute approximate surface area is 205 Å². The molecular weight excluding hydrogens is 506 g/mol. The lowest BCUT2D eigenvalue weighted by Crippen LogP contribution is -2.51. The lowest BCUT2D eigenvalue weighted by Gasteiger charge is -2.40. The predicted molar refractivity (Wildman–Crippen MR) is 123 cm³/mol. The normalized spacial score (nSPS) is 18.6. The molecule has 2 heterocycles. The van der Waals surface area contributed by atoms with E-state index in [1.54, 1.807) is 0 Å². The molecule has 196 valence electrons. The molecule has 1 amide bonds. The number of ether oxygens (including phenoxy) is 2. The van der Waals surface area contributed by atoms with E-state index in [9.17, 15) is 30.8 Å². The molecule has 2 aromatic rings. The second-order valence-electron chi connectivity index (χ2n) is 9.09. The van der Waals surface area contributed by atoms with Gasteiger partial charge in [0.05, 0.1) is 17.1 Å². The van der Waals surface area contributed by atoms with Gasteiger partial charge in [-0.05, 0) is 75.8 Å². The van der Waals surface area contributed by atoms with Gasteiger partial charge in [-0.2, -0.15) is 13.2 Å². The Kier molecular flexibility index (Phi) is 6.82. The smallest absolute Gasteiger partial charge is 0.427 e. The van der Waals surface area contributed by atoms with Gasteiger partial charge in [0.15, 0.2) is 0 Å². The van der Waals surface area contributed by atoms with E-state index in [1.807, 2.05) is 0 Å². The summed E-state index contributed by atoms with van der Waals surface area (Å²) in [4.78, 5) is 14.1. The van der Waals surface area contributed by atoms with Gasteiger partial charge >= 0.3 is 12.3 Å². The average Bonchev–Trinajstić information content (AvgIpc) is 2.75. The van der Waals surface area contributed by atoms with Crippen LogP contribution in [0.1, 0.15) is 20.3 Å². The zero-order valence-corrected chi connectivity index (χ0v) is 20.3. The Balaban J connectivity index is 1.63. The van der Waals surface area contributed by atoms with Gasteiger partial charge < -0.3 is 9.47 Å². The molecule has 0 saturated carbocycles. The zero-order chi connectivity index (χ0) is 26.3. The fourth-order valence-corrected chi connectivity index (χ4v) is 5.23. The van der Waals surface area contributed by atoms with Crippen molar-refractivity contribution < 1.29 is 40.2 Å². The van der Waals surface area contributed by atoms with Crippen LogP contribution in [0, 0.1) is 5.82 Å². The number of halogens is 4. The highest BCUT2D eigenvalue weighted by Gasteiger charge is 2.51. The van der Waals surface area contributed by atoms with Crippen LogP contribution in [0.15, 0.2) is 47.4 Å². The molecule has 0 radical (unpaired) electrons. The quantitative estimate of drug-likeness (QED) is 0.557. The van der Waals surface area contributed by atoms with Crippen molar-refractivity contribution in [1.82, 2.24) is 4.90 Å². The van der Waals surface area contributed by atoms with Crippen LogP contribution in [0.4, 0.5) is 33.7 Å². The molecule has 2 aliphatic rings. The van der Waals surface area contributed by atoms with Crippen molar-refractivity contribution in [3.05, 3.63) is 48.3 Å². The van der Waals surface area contributed by atoms with E-state index in [4.69, 9.17) is 4.74 Å². The fourth-order valence-electron chi connectivity index (χ4n) is 3.73. The summed E-state index contributed by atoms with van der Waals surface area (Å²) < 4.78 is 91.2. The third-order valence-corrected chi connectivity index (χ3v) is 7.77. The Morgan fingerprint density at radius 1 is 1.14 bits per heavy atom. The monoisotopic (exact) mass is 531 g/mol. The van der Waals surface area contributed by atoms with Crippen molar-refractivity contribution in [2.24, 2.45) is 0 Å². The Bertz CT molecular complexity index is 1230. The third-order valence-electron chi connectivity index (χ3n) is 5.98. The topological polar surface area (TPSA) is 88.2 Å². The molecule has 1 fully saturated rings. The van der Waals surface area contributed by atoms with E-state index in [0.29, 0.717) is 20.4 Å². The first-order valence-corrected chi connectivity index (χ1v) is 12.6. The van der Waals surface area contributed by atoms with Crippen LogP contribution in [0.2, 0.25) is 0 Å². The summed E-state index contributed by atoms with van der Waals surface area (Å²) in [5, 5.41) is 2.21. The molecule has 1 atom stereocenters. The molecular formula is C23H25F4N3O5S.